The van der Waals surface area contributed by atoms with Gasteiger partial charge in [-0.2, -0.15) is 0 Å². The lowest BCUT2D eigenvalue weighted by atomic mass is 9.91. The first-order valence-electron chi connectivity index (χ1n) is 10.6. The molecule has 0 fully saturated rings. The zero-order chi connectivity index (χ0) is 20.5. The fraction of sp³-hybridized carbons (Fsp3) is 0.400. The summed E-state index contributed by atoms with van der Waals surface area (Å²) in [6, 6.07) is 14.7. The summed E-state index contributed by atoms with van der Waals surface area (Å²) in [6.07, 6.45) is 2.25. The number of H-pyrrole nitrogens is 1. The molecule has 0 bridgehead atoms. The van der Waals surface area contributed by atoms with Gasteiger partial charge in [-0.25, -0.2) is 0 Å². The van der Waals surface area contributed by atoms with Gasteiger partial charge in [0.2, 0.25) is 0 Å². The third-order valence-electron chi connectivity index (χ3n) is 5.92. The smallest absolute Gasteiger partial charge is 0.261 e. The van der Waals surface area contributed by atoms with Crippen molar-refractivity contribution in [3.05, 3.63) is 64.8 Å². The van der Waals surface area contributed by atoms with Crippen molar-refractivity contribution < 1.29 is 9.53 Å². The first-order valence-corrected chi connectivity index (χ1v) is 10.6. The molecule has 0 saturated heterocycles. The fourth-order valence-corrected chi connectivity index (χ4v) is 4.17. The van der Waals surface area contributed by atoms with E-state index in [9.17, 15) is 4.79 Å². The molecule has 4 rings (SSSR count). The number of carbonyl (C=O) groups is 1. The van der Waals surface area contributed by atoms with E-state index in [1.807, 2.05) is 19.1 Å². The molecule has 1 aliphatic carbocycles. The lowest BCUT2D eigenvalue weighted by Gasteiger charge is -2.25. The van der Waals surface area contributed by atoms with Crippen molar-refractivity contribution in [2.75, 3.05) is 0 Å². The average molecular weight is 391 g/mol. The minimum atomic E-state index is -0.522. The SMILES string of the molecule is Cc1ccc2[nH]c3c(c2c1)CCC(NC(=O)C(C)Oc1ccc(C(C)C)cc1)C3. The number of aromatic nitrogens is 1. The van der Waals surface area contributed by atoms with E-state index in [1.54, 1.807) is 0 Å². The predicted octanol–water partition coefficient (Wildman–Crippen LogP) is 5.04. The normalized spacial score (nSPS) is 17.2. The van der Waals surface area contributed by atoms with Crippen LogP contribution in [-0.4, -0.2) is 23.0 Å². The van der Waals surface area contributed by atoms with Crippen LogP contribution in [0, 0.1) is 6.92 Å². The van der Waals surface area contributed by atoms with E-state index >= 15 is 0 Å². The van der Waals surface area contributed by atoms with Gasteiger partial charge in [0.05, 0.1) is 0 Å². The molecule has 29 heavy (non-hydrogen) atoms. The summed E-state index contributed by atoms with van der Waals surface area (Å²) < 4.78 is 5.86. The van der Waals surface area contributed by atoms with Crippen molar-refractivity contribution in [3.63, 3.8) is 0 Å². The number of hydrogen-bond donors (Lipinski definition) is 2. The fourth-order valence-electron chi connectivity index (χ4n) is 4.17. The first kappa shape index (κ1) is 19.6. The summed E-state index contributed by atoms with van der Waals surface area (Å²) in [5, 5.41) is 4.51. The Balaban J connectivity index is 1.38. The molecular formula is C25H30N2O2. The topological polar surface area (TPSA) is 54.1 Å². The van der Waals surface area contributed by atoms with Crippen molar-refractivity contribution in [1.82, 2.24) is 10.3 Å². The van der Waals surface area contributed by atoms with E-state index in [0.717, 1.165) is 25.0 Å². The number of hydrogen-bond acceptors (Lipinski definition) is 2. The van der Waals surface area contributed by atoms with E-state index in [1.165, 1.54) is 33.3 Å². The maximum absolute atomic E-state index is 12.7. The number of carbonyl (C=O) groups excluding carboxylic acids is 1. The van der Waals surface area contributed by atoms with Gasteiger partial charge in [-0.3, -0.25) is 4.79 Å². The number of benzene rings is 2. The summed E-state index contributed by atoms with van der Waals surface area (Å²) >= 11 is 0. The Labute approximate surface area is 172 Å². The Bertz CT molecular complexity index is 1020. The van der Waals surface area contributed by atoms with Crippen molar-refractivity contribution in [2.24, 2.45) is 0 Å². The second-order valence-electron chi connectivity index (χ2n) is 8.56. The number of fused-ring (bicyclic) bond motifs is 3. The van der Waals surface area contributed by atoms with Gasteiger partial charge in [0, 0.05) is 29.1 Å². The molecule has 0 spiro atoms. The van der Waals surface area contributed by atoms with E-state index in [2.05, 4.69) is 61.4 Å². The summed E-state index contributed by atoms with van der Waals surface area (Å²) in [6.45, 7) is 8.26. The van der Waals surface area contributed by atoms with Crippen molar-refractivity contribution in [2.45, 2.75) is 65.0 Å². The summed E-state index contributed by atoms with van der Waals surface area (Å²) in [5.74, 6) is 1.15. The highest BCUT2D eigenvalue weighted by Gasteiger charge is 2.25. The zero-order valence-electron chi connectivity index (χ0n) is 17.7. The van der Waals surface area contributed by atoms with Gasteiger partial charge in [-0.15, -0.1) is 0 Å². The van der Waals surface area contributed by atoms with Crippen molar-refractivity contribution in [3.8, 4) is 5.75 Å². The van der Waals surface area contributed by atoms with Crippen LogP contribution in [-0.2, 0) is 17.6 Å². The van der Waals surface area contributed by atoms with Crippen LogP contribution < -0.4 is 10.1 Å². The zero-order valence-corrected chi connectivity index (χ0v) is 17.7. The number of aryl methyl sites for hydroxylation is 2. The Kier molecular flexibility index (Phi) is 5.35. The van der Waals surface area contributed by atoms with Crippen LogP contribution in [0.15, 0.2) is 42.5 Å². The third-order valence-corrected chi connectivity index (χ3v) is 5.92. The monoisotopic (exact) mass is 390 g/mol. The quantitative estimate of drug-likeness (QED) is 0.641. The van der Waals surface area contributed by atoms with Gasteiger partial charge in [0.25, 0.3) is 5.91 Å². The lowest BCUT2D eigenvalue weighted by molar-refractivity contribution is -0.128. The van der Waals surface area contributed by atoms with Crippen LogP contribution in [0.4, 0.5) is 0 Å². The molecule has 1 heterocycles. The molecule has 1 aromatic heterocycles. The van der Waals surface area contributed by atoms with Crippen LogP contribution in [0.25, 0.3) is 10.9 Å². The van der Waals surface area contributed by atoms with Gasteiger partial charge in [-0.05, 0) is 68.0 Å². The van der Waals surface area contributed by atoms with Gasteiger partial charge in [-0.1, -0.05) is 37.6 Å². The minimum absolute atomic E-state index is 0.0571. The third kappa shape index (κ3) is 4.16. The van der Waals surface area contributed by atoms with Crippen LogP contribution in [0.5, 0.6) is 5.75 Å². The van der Waals surface area contributed by atoms with Gasteiger partial charge in [0.1, 0.15) is 5.75 Å². The largest absolute Gasteiger partial charge is 0.481 e. The van der Waals surface area contributed by atoms with E-state index in [-0.39, 0.29) is 11.9 Å². The molecule has 3 aromatic rings. The number of ether oxygens (including phenoxy) is 1. The molecule has 2 atom stereocenters. The van der Waals surface area contributed by atoms with Crippen LogP contribution in [0.1, 0.15) is 55.5 Å². The second kappa shape index (κ2) is 7.94. The molecule has 2 unspecified atom stereocenters. The highest BCUT2D eigenvalue weighted by molar-refractivity contribution is 5.86. The Morgan fingerprint density at radius 3 is 2.62 bits per heavy atom. The predicted molar refractivity (Wildman–Crippen MR) is 118 cm³/mol. The molecule has 4 heteroatoms. The maximum atomic E-state index is 12.7. The number of aromatic amines is 1. The van der Waals surface area contributed by atoms with Crippen LogP contribution in [0.3, 0.4) is 0 Å². The molecule has 1 amide bonds. The highest BCUT2D eigenvalue weighted by atomic mass is 16.5. The second-order valence-corrected chi connectivity index (χ2v) is 8.56. The standard InChI is InChI=1S/C25H30N2O2/c1-15(2)18-6-9-20(10-7-18)29-17(4)25(28)26-19-8-11-21-22-13-16(3)5-12-23(22)27-24(21)14-19/h5-7,9-10,12-13,15,17,19,27H,8,11,14H2,1-4H3,(H,26,28). The average Bonchev–Trinajstić information content (AvgIpc) is 3.05. The van der Waals surface area contributed by atoms with Crippen LogP contribution in [0.2, 0.25) is 0 Å². The molecule has 0 saturated carbocycles. The molecule has 2 N–H and O–H groups in total. The number of rotatable bonds is 5. The molecule has 0 radical (unpaired) electrons. The summed E-state index contributed by atoms with van der Waals surface area (Å²) in [5.41, 5.74) is 6.39. The molecule has 4 nitrogen and oxygen atoms in total. The first-order chi connectivity index (χ1) is 13.9. The van der Waals surface area contributed by atoms with Gasteiger partial charge >= 0.3 is 0 Å². The lowest BCUT2D eigenvalue weighted by Crippen LogP contribution is -2.44. The highest BCUT2D eigenvalue weighted by Crippen LogP contribution is 2.30. The van der Waals surface area contributed by atoms with Crippen molar-refractivity contribution in [1.29, 1.82) is 0 Å². The molecule has 152 valence electrons. The Morgan fingerprint density at radius 1 is 1.14 bits per heavy atom. The number of amides is 1. The Hall–Kier alpha value is -2.75. The van der Waals surface area contributed by atoms with Crippen molar-refractivity contribution >= 4 is 16.8 Å². The maximum Gasteiger partial charge on any atom is 0.261 e. The molecular weight excluding hydrogens is 360 g/mol. The Morgan fingerprint density at radius 2 is 1.90 bits per heavy atom. The summed E-state index contributed by atoms with van der Waals surface area (Å²) in [7, 11) is 0. The van der Waals surface area contributed by atoms with Gasteiger partial charge in [0.15, 0.2) is 6.10 Å². The molecule has 0 aliphatic heterocycles. The van der Waals surface area contributed by atoms with E-state index in [0.29, 0.717) is 5.92 Å². The summed E-state index contributed by atoms with van der Waals surface area (Å²) in [4.78, 5) is 16.2. The van der Waals surface area contributed by atoms with Crippen LogP contribution >= 0.6 is 0 Å². The molecule has 1 aliphatic rings. The molecule has 2 aromatic carbocycles. The van der Waals surface area contributed by atoms with E-state index in [4.69, 9.17) is 4.74 Å². The minimum Gasteiger partial charge on any atom is -0.481 e. The van der Waals surface area contributed by atoms with Gasteiger partial charge < -0.3 is 15.0 Å². The van der Waals surface area contributed by atoms with E-state index < -0.39 is 6.10 Å². The number of nitrogens with one attached hydrogen (secondary N) is 2.